The van der Waals surface area contributed by atoms with Gasteiger partial charge in [0.25, 0.3) is 5.91 Å². The van der Waals surface area contributed by atoms with Crippen molar-refractivity contribution in [1.29, 1.82) is 0 Å². The Labute approximate surface area is 104 Å². The quantitative estimate of drug-likeness (QED) is 0.810. The predicted molar refractivity (Wildman–Crippen MR) is 66.0 cm³/mol. The van der Waals surface area contributed by atoms with Gasteiger partial charge in [0.2, 0.25) is 0 Å². The van der Waals surface area contributed by atoms with Crippen LogP contribution in [0, 0.1) is 0 Å². The average molecular weight is 254 g/mol. The molecule has 0 saturated heterocycles. The largest absolute Gasteiger partial charge is 0.478 e. The van der Waals surface area contributed by atoms with Gasteiger partial charge < -0.3 is 10.4 Å². The average Bonchev–Trinajstić information content (AvgIpc) is 2.28. The molecule has 4 nitrogen and oxygen atoms in total. The topological polar surface area (TPSA) is 66.4 Å². The number of hydrogen-bond donors (Lipinski definition) is 2. The third-order valence-corrected chi connectivity index (χ3v) is 2.39. The number of amides is 1. The van der Waals surface area contributed by atoms with Gasteiger partial charge >= 0.3 is 5.97 Å². The fourth-order valence-corrected chi connectivity index (χ4v) is 1.45. The molecule has 0 fully saturated rings. The molecule has 0 unspecified atom stereocenters. The Kier molecular flexibility index (Phi) is 4.72. The highest BCUT2D eigenvalue weighted by molar-refractivity contribution is 6.44. The maximum absolute atomic E-state index is 11.5. The molecule has 0 heterocycles. The number of para-hydroxylation sites is 1. The first-order valence-corrected chi connectivity index (χ1v) is 5.41. The van der Waals surface area contributed by atoms with Crippen molar-refractivity contribution in [2.75, 3.05) is 5.32 Å². The van der Waals surface area contributed by atoms with E-state index >= 15 is 0 Å². The van der Waals surface area contributed by atoms with Gasteiger partial charge in [-0.15, -0.1) is 0 Å². The molecule has 0 atom stereocenters. The van der Waals surface area contributed by atoms with E-state index in [-0.39, 0.29) is 5.03 Å². The number of carboxylic acid groups (broad SMARTS) is 1. The maximum atomic E-state index is 11.5. The zero-order chi connectivity index (χ0) is 12.8. The summed E-state index contributed by atoms with van der Waals surface area (Å²) in [6, 6.07) is 7.26. The third kappa shape index (κ3) is 3.92. The van der Waals surface area contributed by atoms with E-state index in [4.69, 9.17) is 16.7 Å². The zero-order valence-electron chi connectivity index (χ0n) is 9.24. The minimum atomic E-state index is -1.26. The lowest BCUT2D eigenvalue weighted by atomic mass is 10.1. The lowest BCUT2D eigenvalue weighted by Crippen LogP contribution is -2.13. The number of hydrogen-bond acceptors (Lipinski definition) is 2. The second kappa shape index (κ2) is 6.06. The molecule has 1 aromatic carbocycles. The third-order valence-electron chi connectivity index (χ3n) is 2.11. The Morgan fingerprint density at radius 2 is 2.06 bits per heavy atom. The van der Waals surface area contributed by atoms with Crippen LogP contribution in [0.15, 0.2) is 35.4 Å². The van der Waals surface area contributed by atoms with E-state index in [1.54, 1.807) is 12.1 Å². The molecule has 90 valence electrons. The molecule has 0 aliphatic rings. The van der Waals surface area contributed by atoms with E-state index in [1.807, 2.05) is 19.1 Å². The maximum Gasteiger partial charge on any atom is 0.330 e. The van der Waals surface area contributed by atoms with Crippen molar-refractivity contribution in [3.05, 3.63) is 40.9 Å². The summed E-state index contributed by atoms with van der Waals surface area (Å²) < 4.78 is 0. The first-order chi connectivity index (χ1) is 8.04. The standard InChI is InChI=1S/C12H12ClNO3/c1-2-8-5-3-4-6-10(8)14-12(17)9(13)7-11(15)16/h3-7H,2H2,1H3,(H,14,17)(H,15,16). The molecule has 1 amide bonds. The summed E-state index contributed by atoms with van der Waals surface area (Å²) in [6.07, 6.45) is 1.42. The Morgan fingerprint density at radius 1 is 1.41 bits per heavy atom. The van der Waals surface area contributed by atoms with Gasteiger partial charge in [0.1, 0.15) is 5.03 Å². The van der Waals surface area contributed by atoms with Crippen molar-refractivity contribution < 1.29 is 14.7 Å². The van der Waals surface area contributed by atoms with Crippen LogP contribution in [0.3, 0.4) is 0 Å². The normalized spacial score (nSPS) is 11.1. The molecule has 0 aliphatic carbocycles. The minimum absolute atomic E-state index is 0.358. The number of aryl methyl sites for hydroxylation is 1. The zero-order valence-corrected chi connectivity index (χ0v) is 9.99. The van der Waals surface area contributed by atoms with Crippen LogP contribution in [0.2, 0.25) is 0 Å². The number of halogens is 1. The van der Waals surface area contributed by atoms with Gasteiger partial charge in [-0.2, -0.15) is 0 Å². The van der Waals surface area contributed by atoms with E-state index in [0.717, 1.165) is 12.0 Å². The summed E-state index contributed by atoms with van der Waals surface area (Å²) >= 11 is 5.54. The monoisotopic (exact) mass is 253 g/mol. The highest BCUT2D eigenvalue weighted by Crippen LogP contribution is 2.17. The van der Waals surface area contributed by atoms with E-state index in [2.05, 4.69) is 5.32 Å². The molecule has 0 saturated carbocycles. The Morgan fingerprint density at radius 3 is 2.65 bits per heavy atom. The van der Waals surface area contributed by atoms with Crippen LogP contribution >= 0.6 is 11.6 Å². The second-order valence-corrected chi connectivity index (χ2v) is 3.70. The number of aliphatic carboxylic acids is 1. The molecule has 0 aliphatic heterocycles. The van der Waals surface area contributed by atoms with Gasteiger partial charge in [0, 0.05) is 11.8 Å². The molecule has 17 heavy (non-hydrogen) atoms. The van der Waals surface area contributed by atoms with E-state index < -0.39 is 11.9 Å². The summed E-state index contributed by atoms with van der Waals surface area (Å²) in [7, 11) is 0. The van der Waals surface area contributed by atoms with E-state index in [9.17, 15) is 9.59 Å². The van der Waals surface area contributed by atoms with Crippen molar-refractivity contribution in [3.8, 4) is 0 Å². The summed E-state index contributed by atoms with van der Waals surface area (Å²) in [4.78, 5) is 21.9. The molecule has 0 aromatic heterocycles. The smallest absolute Gasteiger partial charge is 0.330 e. The van der Waals surface area contributed by atoms with Crippen LogP contribution in [0.4, 0.5) is 5.69 Å². The number of nitrogens with one attached hydrogen (secondary N) is 1. The minimum Gasteiger partial charge on any atom is -0.478 e. The summed E-state index contributed by atoms with van der Waals surface area (Å²) in [5.74, 6) is -1.89. The number of carbonyl (C=O) groups is 2. The number of rotatable bonds is 4. The van der Waals surface area contributed by atoms with Gasteiger partial charge in [0.05, 0.1) is 0 Å². The predicted octanol–water partition coefficient (Wildman–Crippen LogP) is 2.39. The van der Waals surface area contributed by atoms with Crippen LogP contribution in [0.5, 0.6) is 0 Å². The molecule has 2 N–H and O–H groups in total. The van der Waals surface area contributed by atoms with Crippen molar-refractivity contribution in [3.63, 3.8) is 0 Å². The van der Waals surface area contributed by atoms with Gasteiger partial charge in [-0.25, -0.2) is 4.79 Å². The Balaban J connectivity index is 2.85. The van der Waals surface area contributed by atoms with E-state index in [0.29, 0.717) is 11.8 Å². The molecular formula is C12H12ClNO3. The first-order valence-electron chi connectivity index (χ1n) is 5.04. The van der Waals surface area contributed by atoms with Gasteiger partial charge in [-0.3, -0.25) is 4.79 Å². The number of benzene rings is 1. The fourth-order valence-electron chi connectivity index (χ4n) is 1.31. The molecule has 1 rings (SSSR count). The van der Waals surface area contributed by atoms with Crippen LogP contribution in [0.1, 0.15) is 12.5 Å². The SMILES string of the molecule is CCc1ccccc1NC(=O)C(Cl)=CC(=O)O. The first kappa shape index (κ1) is 13.3. The summed E-state index contributed by atoms with van der Waals surface area (Å²) in [6.45, 7) is 1.96. The van der Waals surface area contributed by atoms with Crippen molar-refractivity contribution >= 4 is 29.2 Å². The molecule has 0 radical (unpaired) electrons. The summed E-state index contributed by atoms with van der Waals surface area (Å²) in [5.41, 5.74) is 1.59. The molecule has 0 bridgehead atoms. The van der Waals surface area contributed by atoms with Crippen molar-refractivity contribution in [2.45, 2.75) is 13.3 Å². The molecule has 5 heteroatoms. The van der Waals surface area contributed by atoms with Crippen LogP contribution in [0.25, 0.3) is 0 Å². The van der Waals surface area contributed by atoms with Crippen LogP contribution < -0.4 is 5.32 Å². The highest BCUT2D eigenvalue weighted by Gasteiger charge is 2.10. The number of anilines is 1. The van der Waals surface area contributed by atoms with Crippen LogP contribution in [-0.4, -0.2) is 17.0 Å². The van der Waals surface area contributed by atoms with Crippen molar-refractivity contribution in [2.24, 2.45) is 0 Å². The Hall–Kier alpha value is -1.81. The van der Waals surface area contributed by atoms with Gasteiger partial charge in [0.15, 0.2) is 0 Å². The van der Waals surface area contributed by atoms with Gasteiger partial charge in [-0.1, -0.05) is 36.7 Å². The Bertz CT molecular complexity index is 469. The number of carbonyl (C=O) groups excluding carboxylic acids is 1. The van der Waals surface area contributed by atoms with Crippen molar-refractivity contribution in [1.82, 2.24) is 0 Å². The lowest BCUT2D eigenvalue weighted by molar-refractivity contribution is -0.131. The van der Waals surface area contributed by atoms with Gasteiger partial charge in [-0.05, 0) is 18.1 Å². The number of carboxylic acids is 1. The molecule has 1 aromatic rings. The highest BCUT2D eigenvalue weighted by atomic mass is 35.5. The second-order valence-electron chi connectivity index (χ2n) is 3.30. The van der Waals surface area contributed by atoms with Crippen LogP contribution in [-0.2, 0) is 16.0 Å². The lowest BCUT2D eigenvalue weighted by Gasteiger charge is -2.08. The molecular weight excluding hydrogens is 242 g/mol. The molecule has 0 spiro atoms. The summed E-state index contributed by atoms with van der Waals surface area (Å²) in [5, 5.41) is 10.7. The van der Waals surface area contributed by atoms with E-state index in [1.165, 1.54) is 0 Å². The fraction of sp³-hybridized carbons (Fsp3) is 0.167.